The highest BCUT2D eigenvalue weighted by atomic mass is 32.2. The molecule has 1 fully saturated rings. The lowest BCUT2D eigenvalue weighted by atomic mass is 10.2. The predicted octanol–water partition coefficient (Wildman–Crippen LogP) is 2.33. The highest BCUT2D eigenvalue weighted by molar-refractivity contribution is 7.89. The Morgan fingerprint density at radius 3 is 2.50 bits per heavy atom. The van der Waals surface area contributed by atoms with E-state index in [1.54, 1.807) is 24.3 Å². The maximum absolute atomic E-state index is 12.1. The molecule has 0 spiro atoms. The van der Waals surface area contributed by atoms with Crippen LogP contribution in [-0.4, -0.2) is 25.9 Å². The van der Waals surface area contributed by atoms with Gasteiger partial charge in [0.1, 0.15) is 5.69 Å². The molecule has 3 rings (SSSR count). The summed E-state index contributed by atoms with van der Waals surface area (Å²) in [6, 6.07) is 11.3. The van der Waals surface area contributed by atoms with Crippen LogP contribution < -0.4 is 10.0 Å². The van der Waals surface area contributed by atoms with Crippen LogP contribution in [0.3, 0.4) is 0 Å². The van der Waals surface area contributed by atoms with Crippen molar-refractivity contribution in [3.63, 3.8) is 0 Å². The Bertz CT molecular complexity index is 844. The number of amides is 1. The lowest BCUT2D eigenvalue weighted by molar-refractivity contribution is 0.102. The Kier molecular flexibility index (Phi) is 4.64. The van der Waals surface area contributed by atoms with Crippen molar-refractivity contribution in [2.45, 2.75) is 24.7 Å². The van der Waals surface area contributed by atoms with Crippen molar-refractivity contribution < 1.29 is 13.2 Å². The van der Waals surface area contributed by atoms with Crippen molar-refractivity contribution in [3.8, 4) is 0 Å². The van der Waals surface area contributed by atoms with E-state index in [1.165, 1.54) is 12.1 Å². The van der Waals surface area contributed by atoms with E-state index in [4.69, 9.17) is 0 Å². The zero-order valence-corrected chi connectivity index (χ0v) is 14.1. The van der Waals surface area contributed by atoms with Crippen molar-refractivity contribution in [1.82, 2.24) is 9.71 Å². The van der Waals surface area contributed by atoms with Crippen LogP contribution in [0.25, 0.3) is 0 Å². The molecule has 0 radical (unpaired) electrons. The molecule has 1 amide bonds. The number of carbonyl (C=O) groups excluding carboxylic acids is 1. The van der Waals surface area contributed by atoms with Gasteiger partial charge < -0.3 is 5.32 Å². The number of pyridine rings is 1. The van der Waals surface area contributed by atoms with E-state index in [2.05, 4.69) is 15.0 Å². The Labute approximate surface area is 141 Å². The van der Waals surface area contributed by atoms with Gasteiger partial charge in [0.15, 0.2) is 0 Å². The van der Waals surface area contributed by atoms with Crippen molar-refractivity contribution in [1.29, 1.82) is 0 Å². The predicted molar refractivity (Wildman–Crippen MR) is 91.3 cm³/mol. The number of nitrogens with one attached hydrogen (secondary N) is 2. The van der Waals surface area contributed by atoms with Gasteiger partial charge in [0.2, 0.25) is 10.0 Å². The van der Waals surface area contributed by atoms with Crippen LogP contribution in [0, 0.1) is 12.8 Å². The number of hydrogen-bond acceptors (Lipinski definition) is 4. The highest BCUT2D eigenvalue weighted by Crippen LogP contribution is 2.28. The molecule has 0 aliphatic heterocycles. The quantitative estimate of drug-likeness (QED) is 0.841. The normalized spacial score (nSPS) is 14.4. The van der Waals surface area contributed by atoms with E-state index in [1.807, 2.05) is 13.0 Å². The van der Waals surface area contributed by atoms with E-state index in [9.17, 15) is 13.2 Å². The first-order valence-corrected chi connectivity index (χ1v) is 9.27. The fourth-order valence-corrected chi connectivity index (χ4v) is 3.33. The molecule has 7 heteroatoms. The molecule has 1 aliphatic rings. The minimum Gasteiger partial charge on any atom is -0.321 e. The van der Waals surface area contributed by atoms with Crippen molar-refractivity contribution in [2.75, 3.05) is 11.9 Å². The molecule has 1 heterocycles. The number of sulfonamides is 1. The first-order valence-electron chi connectivity index (χ1n) is 7.79. The monoisotopic (exact) mass is 345 g/mol. The molecule has 0 saturated heterocycles. The minimum atomic E-state index is -3.49. The van der Waals surface area contributed by atoms with Crippen molar-refractivity contribution in [3.05, 3.63) is 53.9 Å². The molecule has 1 aromatic carbocycles. The molecule has 1 aromatic heterocycles. The van der Waals surface area contributed by atoms with Gasteiger partial charge in [0.05, 0.1) is 4.90 Å². The summed E-state index contributed by atoms with van der Waals surface area (Å²) < 4.78 is 26.9. The van der Waals surface area contributed by atoms with Gasteiger partial charge in [-0.2, -0.15) is 0 Å². The fourth-order valence-electron chi connectivity index (χ4n) is 2.21. The Morgan fingerprint density at radius 1 is 1.17 bits per heavy atom. The van der Waals surface area contributed by atoms with Crippen LogP contribution in [0.4, 0.5) is 5.69 Å². The molecule has 0 bridgehead atoms. The molecule has 0 unspecified atom stereocenters. The third-order valence-electron chi connectivity index (χ3n) is 3.80. The fraction of sp³-hybridized carbons (Fsp3) is 0.294. The van der Waals surface area contributed by atoms with Gasteiger partial charge in [-0.05, 0) is 62.1 Å². The molecule has 24 heavy (non-hydrogen) atoms. The number of carbonyl (C=O) groups is 1. The number of hydrogen-bond donors (Lipinski definition) is 2. The number of aryl methyl sites for hydroxylation is 1. The van der Waals surface area contributed by atoms with Crippen LogP contribution in [-0.2, 0) is 10.0 Å². The standard InChI is InChI=1S/C17H19N3O3S/c1-12-3-2-4-16(19-12)17(21)20-14-7-9-15(10-8-14)24(22,23)18-11-13-5-6-13/h2-4,7-10,13,18H,5-6,11H2,1H3,(H,20,21). The summed E-state index contributed by atoms with van der Waals surface area (Å²) in [5.41, 5.74) is 1.59. The van der Waals surface area contributed by atoms with E-state index >= 15 is 0 Å². The lowest BCUT2D eigenvalue weighted by Crippen LogP contribution is -2.25. The van der Waals surface area contributed by atoms with Crippen LogP contribution in [0.2, 0.25) is 0 Å². The topological polar surface area (TPSA) is 88.2 Å². The van der Waals surface area contributed by atoms with Crippen LogP contribution in [0.5, 0.6) is 0 Å². The third-order valence-corrected chi connectivity index (χ3v) is 5.24. The zero-order chi connectivity index (χ0) is 17.2. The average molecular weight is 345 g/mol. The van der Waals surface area contributed by atoms with Gasteiger partial charge in [-0.25, -0.2) is 18.1 Å². The molecule has 1 saturated carbocycles. The van der Waals surface area contributed by atoms with Gasteiger partial charge in [-0.3, -0.25) is 4.79 Å². The second-order valence-electron chi connectivity index (χ2n) is 5.94. The summed E-state index contributed by atoms with van der Waals surface area (Å²) in [7, 11) is -3.49. The second kappa shape index (κ2) is 6.70. The molecular formula is C17H19N3O3S. The van der Waals surface area contributed by atoms with Gasteiger partial charge >= 0.3 is 0 Å². The lowest BCUT2D eigenvalue weighted by Gasteiger charge is -2.08. The van der Waals surface area contributed by atoms with E-state index in [0.717, 1.165) is 18.5 Å². The summed E-state index contributed by atoms with van der Waals surface area (Å²) in [6.07, 6.45) is 2.17. The highest BCUT2D eigenvalue weighted by Gasteiger charge is 2.24. The molecule has 0 atom stereocenters. The number of nitrogens with zero attached hydrogens (tertiary/aromatic N) is 1. The van der Waals surface area contributed by atoms with Crippen molar-refractivity contribution in [2.24, 2.45) is 5.92 Å². The van der Waals surface area contributed by atoms with Gasteiger partial charge in [0, 0.05) is 17.9 Å². The molecular weight excluding hydrogens is 326 g/mol. The molecule has 2 aromatic rings. The number of benzene rings is 1. The minimum absolute atomic E-state index is 0.190. The van der Waals surface area contributed by atoms with Gasteiger partial charge in [-0.1, -0.05) is 6.07 Å². The summed E-state index contributed by atoms with van der Waals surface area (Å²) in [5.74, 6) is 0.140. The molecule has 126 valence electrons. The Balaban J connectivity index is 1.66. The number of aromatic nitrogens is 1. The average Bonchev–Trinajstić information content (AvgIpc) is 3.38. The first kappa shape index (κ1) is 16.6. The number of rotatable bonds is 6. The molecule has 1 aliphatic carbocycles. The Morgan fingerprint density at radius 2 is 1.88 bits per heavy atom. The summed E-state index contributed by atoms with van der Waals surface area (Å²) >= 11 is 0. The molecule has 6 nitrogen and oxygen atoms in total. The van der Waals surface area contributed by atoms with Crippen LogP contribution in [0.1, 0.15) is 29.0 Å². The largest absolute Gasteiger partial charge is 0.321 e. The smallest absolute Gasteiger partial charge is 0.274 e. The number of anilines is 1. The molecule has 2 N–H and O–H groups in total. The SMILES string of the molecule is Cc1cccc(C(=O)Nc2ccc(S(=O)(=O)NCC3CC3)cc2)n1. The van der Waals surface area contributed by atoms with Gasteiger partial charge in [-0.15, -0.1) is 0 Å². The van der Waals surface area contributed by atoms with E-state index in [0.29, 0.717) is 23.8 Å². The van der Waals surface area contributed by atoms with Crippen LogP contribution in [0.15, 0.2) is 47.4 Å². The summed E-state index contributed by atoms with van der Waals surface area (Å²) in [5, 5.41) is 2.71. The Hall–Kier alpha value is -2.25. The summed E-state index contributed by atoms with van der Waals surface area (Å²) in [6.45, 7) is 2.30. The maximum atomic E-state index is 12.1. The first-order chi connectivity index (χ1) is 11.4. The van der Waals surface area contributed by atoms with Crippen molar-refractivity contribution >= 4 is 21.6 Å². The van der Waals surface area contributed by atoms with E-state index in [-0.39, 0.29) is 10.8 Å². The maximum Gasteiger partial charge on any atom is 0.274 e. The van der Waals surface area contributed by atoms with Crippen LogP contribution >= 0.6 is 0 Å². The third kappa shape index (κ3) is 4.18. The summed E-state index contributed by atoms with van der Waals surface area (Å²) in [4.78, 5) is 16.5. The van der Waals surface area contributed by atoms with E-state index < -0.39 is 10.0 Å². The zero-order valence-electron chi connectivity index (χ0n) is 13.3. The van der Waals surface area contributed by atoms with Gasteiger partial charge in [0.25, 0.3) is 5.91 Å². The second-order valence-corrected chi connectivity index (χ2v) is 7.70.